The summed E-state index contributed by atoms with van der Waals surface area (Å²) in [5, 5.41) is 3.00. The van der Waals surface area contributed by atoms with E-state index < -0.39 is 0 Å². The van der Waals surface area contributed by atoms with Gasteiger partial charge in [-0.25, -0.2) is 4.98 Å². The number of nitrogens with zero attached hydrogens (tertiary/aromatic N) is 2. The Kier molecular flexibility index (Phi) is 5.67. The molecular weight excluding hydrogens is 388 g/mol. The lowest BCUT2D eigenvalue weighted by atomic mass is 10.2. The van der Waals surface area contributed by atoms with Gasteiger partial charge in [-0.2, -0.15) is 0 Å². The molecule has 0 saturated heterocycles. The van der Waals surface area contributed by atoms with E-state index in [0.717, 1.165) is 16.5 Å². The van der Waals surface area contributed by atoms with Crippen LogP contribution < -0.4 is 14.2 Å². The van der Waals surface area contributed by atoms with E-state index in [-0.39, 0.29) is 12.0 Å². The lowest BCUT2D eigenvalue weighted by Gasteiger charge is -2.29. The Morgan fingerprint density at radius 2 is 1.97 bits per heavy atom. The quantitative estimate of drug-likeness (QED) is 0.616. The second-order valence-electron chi connectivity index (χ2n) is 6.85. The molecule has 150 valence electrons. The van der Waals surface area contributed by atoms with Gasteiger partial charge >= 0.3 is 0 Å². The number of hydrogen-bond acceptors (Lipinski definition) is 6. The number of carbonyl (C=O) groups is 1. The van der Waals surface area contributed by atoms with E-state index in [1.165, 1.54) is 0 Å². The van der Waals surface area contributed by atoms with Crippen molar-refractivity contribution in [2.75, 3.05) is 20.2 Å². The Labute approximate surface area is 173 Å². The van der Waals surface area contributed by atoms with Crippen molar-refractivity contribution >= 4 is 17.2 Å². The Bertz CT molecular complexity index is 986. The fourth-order valence-corrected chi connectivity index (χ4v) is 3.68. The van der Waals surface area contributed by atoms with E-state index in [1.54, 1.807) is 47.5 Å². The molecule has 1 atom stereocenters. The standard InChI is InChI=1S/C22H22N2O4S/c1-15-23-17(14-29-15)12-26-18-9-7-16(8-10-18)22(25)24(2)11-19-13-27-20-5-3-4-6-21(20)28-19/h3-10,14,19H,11-13H2,1-2H3/t19-/m1/s1. The van der Waals surface area contributed by atoms with Crippen molar-refractivity contribution in [1.29, 1.82) is 0 Å². The number of fused-ring (bicyclic) bond motifs is 1. The monoisotopic (exact) mass is 410 g/mol. The average Bonchev–Trinajstić information content (AvgIpc) is 3.17. The molecule has 1 aliphatic rings. The van der Waals surface area contributed by atoms with Crippen LogP contribution in [0.2, 0.25) is 0 Å². The molecule has 6 nitrogen and oxygen atoms in total. The van der Waals surface area contributed by atoms with Crippen LogP contribution in [0.15, 0.2) is 53.9 Å². The molecular formula is C22H22N2O4S. The third-order valence-corrected chi connectivity index (χ3v) is 5.37. The third kappa shape index (κ3) is 4.68. The smallest absolute Gasteiger partial charge is 0.253 e. The third-order valence-electron chi connectivity index (χ3n) is 4.55. The Morgan fingerprint density at radius 1 is 1.21 bits per heavy atom. The largest absolute Gasteiger partial charge is 0.487 e. The normalized spacial score (nSPS) is 15.0. The molecule has 29 heavy (non-hydrogen) atoms. The van der Waals surface area contributed by atoms with Gasteiger partial charge in [-0.15, -0.1) is 11.3 Å². The topological polar surface area (TPSA) is 60.9 Å². The fraction of sp³-hybridized carbons (Fsp3) is 0.273. The highest BCUT2D eigenvalue weighted by atomic mass is 32.1. The van der Waals surface area contributed by atoms with E-state index in [2.05, 4.69) is 4.98 Å². The zero-order chi connectivity index (χ0) is 20.2. The lowest BCUT2D eigenvalue weighted by molar-refractivity contribution is 0.0521. The van der Waals surface area contributed by atoms with Crippen molar-refractivity contribution in [1.82, 2.24) is 9.88 Å². The van der Waals surface area contributed by atoms with Crippen molar-refractivity contribution in [3.05, 3.63) is 70.2 Å². The number of rotatable bonds is 6. The minimum absolute atomic E-state index is 0.0749. The molecule has 1 aliphatic heterocycles. The summed E-state index contributed by atoms with van der Waals surface area (Å²) in [4.78, 5) is 18.8. The Morgan fingerprint density at radius 3 is 2.69 bits per heavy atom. The van der Waals surface area contributed by atoms with Crippen LogP contribution in [0.25, 0.3) is 0 Å². The maximum Gasteiger partial charge on any atom is 0.253 e. The van der Waals surface area contributed by atoms with E-state index in [9.17, 15) is 4.79 Å². The van der Waals surface area contributed by atoms with Crippen LogP contribution in [0, 0.1) is 6.92 Å². The molecule has 4 rings (SSSR count). The van der Waals surface area contributed by atoms with E-state index in [4.69, 9.17) is 14.2 Å². The van der Waals surface area contributed by atoms with Gasteiger partial charge in [-0.3, -0.25) is 4.79 Å². The SMILES string of the molecule is Cc1nc(COc2ccc(C(=O)N(C)C[C@@H]3COc4ccccc4O3)cc2)cs1. The predicted octanol–water partition coefficient (Wildman–Crippen LogP) is 3.94. The summed E-state index contributed by atoms with van der Waals surface area (Å²) in [5.74, 6) is 2.08. The number of amides is 1. The molecule has 0 fully saturated rings. The minimum atomic E-state index is -0.206. The Hall–Kier alpha value is -3.06. The van der Waals surface area contributed by atoms with Crippen molar-refractivity contribution < 1.29 is 19.0 Å². The highest BCUT2D eigenvalue weighted by Gasteiger charge is 2.24. The lowest BCUT2D eigenvalue weighted by Crippen LogP contribution is -2.41. The number of para-hydroxylation sites is 2. The zero-order valence-electron chi connectivity index (χ0n) is 16.3. The van der Waals surface area contributed by atoms with Gasteiger partial charge in [0, 0.05) is 18.0 Å². The molecule has 1 aromatic heterocycles. The van der Waals surface area contributed by atoms with Gasteiger partial charge in [0.05, 0.1) is 17.2 Å². The molecule has 1 amide bonds. The first-order valence-corrected chi connectivity index (χ1v) is 10.2. The first-order valence-electron chi connectivity index (χ1n) is 9.36. The fourth-order valence-electron chi connectivity index (χ4n) is 3.09. The Balaban J connectivity index is 1.31. The van der Waals surface area contributed by atoms with E-state index in [1.807, 2.05) is 36.6 Å². The molecule has 0 bridgehead atoms. The van der Waals surface area contributed by atoms with Gasteiger partial charge in [0.2, 0.25) is 0 Å². The first-order chi connectivity index (χ1) is 14.1. The van der Waals surface area contributed by atoms with Crippen LogP contribution in [0.3, 0.4) is 0 Å². The molecule has 2 heterocycles. The molecule has 3 aromatic rings. The van der Waals surface area contributed by atoms with Gasteiger partial charge in [0.25, 0.3) is 5.91 Å². The van der Waals surface area contributed by atoms with E-state index >= 15 is 0 Å². The van der Waals surface area contributed by atoms with Gasteiger partial charge in [-0.05, 0) is 43.3 Å². The maximum absolute atomic E-state index is 12.7. The summed E-state index contributed by atoms with van der Waals surface area (Å²) < 4.78 is 17.4. The maximum atomic E-state index is 12.7. The molecule has 0 aliphatic carbocycles. The van der Waals surface area contributed by atoms with Crippen molar-refractivity contribution in [3.8, 4) is 17.2 Å². The number of ether oxygens (including phenoxy) is 3. The molecule has 0 saturated carbocycles. The first kappa shape index (κ1) is 19.3. The molecule has 2 aromatic carbocycles. The summed E-state index contributed by atoms with van der Waals surface area (Å²) in [6.07, 6.45) is -0.206. The van der Waals surface area contributed by atoms with Crippen LogP contribution in [0.4, 0.5) is 0 Å². The molecule has 0 unspecified atom stereocenters. The number of thiazole rings is 1. The molecule has 0 N–H and O–H groups in total. The average molecular weight is 410 g/mol. The summed E-state index contributed by atoms with van der Waals surface area (Å²) in [5.41, 5.74) is 1.50. The van der Waals surface area contributed by atoms with Crippen LogP contribution in [-0.4, -0.2) is 42.1 Å². The summed E-state index contributed by atoms with van der Waals surface area (Å²) in [6, 6.07) is 14.7. The number of likely N-dealkylation sites (N-methyl/N-ethyl adjacent to an activating group) is 1. The number of aromatic nitrogens is 1. The number of hydrogen-bond donors (Lipinski definition) is 0. The number of aryl methyl sites for hydroxylation is 1. The number of benzene rings is 2. The van der Waals surface area contributed by atoms with Crippen LogP contribution in [0.5, 0.6) is 17.2 Å². The second-order valence-corrected chi connectivity index (χ2v) is 7.92. The van der Waals surface area contributed by atoms with Crippen molar-refractivity contribution in [2.45, 2.75) is 19.6 Å². The van der Waals surface area contributed by atoms with Gasteiger partial charge in [-0.1, -0.05) is 12.1 Å². The summed E-state index contributed by atoms with van der Waals surface area (Å²) in [7, 11) is 1.77. The van der Waals surface area contributed by atoms with Crippen molar-refractivity contribution in [3.63, 3.8) is 0 Å². The minimum Gasteiger partial charge on any atom is -0.487 e. The van der Waals surface area contributed by atoms with Gasteiger partial charge in [0.15, 0.2) is 17.6 Å². The van der Waals surface area contributed by atoms with Crippen LogP contribution >= 0.6 is 11.3 Å². The highest BCUT2D eigenvalue weighted by Crippen LogP contribution is 2.31. The van der Waals surface area contributed by atoms with Crippen molar-refractivity contribution in [2.24, 2.45) is 0 Å². The number of carbonyl (C=O) groups excluding carboxylic acids is 1. The second kappa shape index (κ2) is 8.53. The highest BCUT2D eigenvalue weighted by molar-refractivity contribution is 7.09. The van der Waals surface area contributed by atoms with Gasteiger partial charge < -0.3 is 19.1 Å². The summed E-state index contributed by atoms with van der Waals surface area (Å²) >= 11 is 1.60. The van der Waals surface area contributed by atoms with Crippen LogP contribution in [0.1, 0.15) is 21.1 Å². The van der Waals surface area contributed by atoms with Crippen LogP contribution in [-0.2, 0) is 6.61 Å². The predicted molar refractivity (Wildman–Crippen MR) is 111 cm³/mol. The molecule has 0 spiro atoms. The zero-order valence-corrected chi connectivity index (χ0v) is 17.1. The van der Waals surface area contributed by atoms with E-state index in [0.29, 0.717) is 36.8 Å². The van der Waals surface area contributed by atoms with Gasteiger partial charge in [0.1, 0.15) is 19.0 Å². The molecule has 0 radical (unpaired) electrons. The molecule has 7 heteroatoms. The summed E-state index contributed by atoms with van der Waals surface area (Å²) in [6.45, 7) is 3.23.